The lowest BCUT2D eigenvalue weighted by molar-refractivity contribution is -0.00559. The predicted octanol–water partition coefficient (Wildman–Crippen LogP) is 3.91. The van der Waals surface area contributed by atoms with Crippen LogP contribution >= 0.6 is 0 Å². The highest BCUT2D eigenvalue weighted by Crippen LogP contribution is 2.36. The molecule has 0 aliphatic heterocycles. The van der Waals surface area contributed by atoms with Crippen LogP contribution in [0.5, 0.6) is 0 Å². The summed E-state index contributed by atoms with van der Waals surface area (Å²) < 4.78 is 6.05. The molecule has 2 nitrogen and oxygen atoms in total. The number of aliphatic hydroxyl groups is 1. The molecule has 0 bridgehead atoms. The van der Waals surface area contributed by atoms with E-state index in [0.29, 0.717) is 24.5 Å². The van der Waals surface area contributed by atoms with Gasteiger partial charge in [-0.25, -0.2) is 0 Å². The van der Waals surface area contributed by atoms with E-state index in [-0.39, 0.29) is 6.61 Å². The molecule has 0 radical (unpaired) electrons. The molecule has 0 atom stereocenters. The summed E-state index contributed by atoms with van der Waals surface area (Å²) in [5.41, 5.74) is 2.66. The van der Waals surface area contributed by atoms with Gasteiger partial charge in [-0.2, -0.15) is 0 Å². The second-order valence-electron chi connectivity index (χ2n) is 6.65. The van der Waals surface area contributed by atoms with Gasteiger partial charge < -0.3 is 9.84 Å². The summed E-state index contributed by atoms with van der Waals surface area (Å²) in [6.07, 6.45) is 5.78. The maximum absolute atomic E-state index is 8.74. The van der Waals surface area contributed by atoms with Gasteiger partial charge >= 0.3 is 0 Å². The smallest absolute Gasteiger partial charge is 0.0721 e. The molecule has 0 amide bonds. The Morgan fingerprint density at radius 1 is 1.29 bits per heavy atom. The molecule has 1 aromatic carbocycles. The molecule has 1 N–H and O–H groups in total. The highest BCUT2D eigenvalue weighted by molar-refractivity contribution is 5.36. The van der Waals surface area contributed by atoms with Crippen molar-refractivity contribution in [3.63, 3.8) is 0 Å². The third-order valence-electron chi connectivity index (χ3n) is 4.17. The average molecular weight is 286 g/mol. The predicted molar refractivity (Wildman–Crippen MR) is 85.8 cm³/mol. The Kier molecular flexibility index (Phi) is 5.85. The molecule has 0 saturated heterocycles. The summed E-state index contributed by atoms with van der Waals surface area (Å²) in [6.45, 7) is 5.48. The van der Waals surface area contributed by atoms with E-state index in [4.69, 9.17) is 9.84 Å². The third-order valence-corrected chi connectivity index (χ3v) is 4.17. The number of rotatable bonds is 4. The van der Waals surface area contributed by atoms with Crippen LogP contribution in [0.2, 0.25) is 0 Å². The molecule has 1 aliphatic carbocycles. The molecule has 1 fully saturated rings. The molecule has 0 spiro atoms. The molecule has 1 aromatic rings. The molecule has 2 heteroatoms. The van der Waals surface area contributed by atoms with E-state index in [1.807, 2.05) is 12.1 Å². The van der Waals surface area contributed by atoms with Gasteiger partial charge in [-0.15, -0.1) is 0 Å². The van der Waals surface area contributed by atoms with Crippen molar-refractivity contribution in [3.05, 3.63) is 35.4 Å². The molecule has 1 aliphatic rings. The first-order valence-electron chi connectivity index (χ1n) is 7.89. The van der Waals surface area contributed by atoms with Crippen LogP contribution in [-0.4, -0.2) is 17.8 Å². The summed E-state index contributed by atoms with van der Waals surface area (Å²) in [6, 6.07) is 8.18. The first-order valence-corrected chi connectivity index (χ1v) is 7.89. The molecule has 0 heterocycles. The van der Waals surface area contributed by atoms with Gasteiger partial charge in [0.1, 0.15) is 0 Å². The molecule has 21 heavy (non-hydrogen) atoms. The number of benzene rings is 1. The van der Waals surface area contributed by atoms with Crippen LogP contribution in [0.3, 0.4) is 0 Å². The second kappa shape index (κ2) is 7.64. The van der Waals surface area contributed by atoms with Gasteiger partial charge in [0.05, 0.1) is 19.3 Å². The van der Waals surface area contributed by atoms with Gasteiger partial charge in [0.25, 0.3) is 0 Å². The Balaban J connectivity index is 1.84. The number of hydrogen-bond acceptors (Lipinski definition) is 2. The Bertz CT molecular complexity index is 498. The Morgan fingerprint density at radius 2 is 2.05 bits per heavy atom. The molecule has 2 rings (SSSR count). The lowest BCUT2D eigenvalue weighted by atomic mass is 9.76. The topological polar surface area (TPSA) is 29.5 Å². The van der Waals surface area contributed by atoms with Crippen LogP contribution < -0.4 is 0 Å². The Morgan fingerprint density at radius 3 is 2.76 bits per heavy atom. The highest BCUT2D eigenvalue weighted by atomic mass is 16.5. The van der Waals surface area contributed by atoms with Crippen LogP contribution in [-0.2, 0) is 11.3 Å². The van der Waals surface area contributed by atoms with Crippen molar-refractivity contribution in [2.45, 2.75) is 58.7 Å². The van der Waals surface area contributed by atoms with E-state index in [9.17, 15) is 0 Å². The first kappa shape index (κ1) is 16.1. The SMILES string of the molecule is CC1(C)CCC(OCc2cccc(C#CCCO)c2)CC1. The van der Waals surface area contributed by atoms with Gasteiger partial charge in [0, 0.05) is 12.0 Å². The maximum Gasteiger partial charge on any atom is 0.0721 e. The van der Waals surface area contributed by atoms with E-state index in [1.54, 1.807) is 0 Å². The summed E-state index contributed by atoms with van der Waals surface area (Å²) in [5.74, 6) is 6.02. The van der Waals surface area contributed by atoms with Crippen LogP contribution in [0.15, 0.2) is 24.3 Å². The Hall–Kier alpha value is -1.30. The molecular weight excluding hydrogens is 260 g/mol. The van der Waals surface area contributed by atoms with Gasteiger partial charge in [0.2, 0.25) is 0 Å². The van der Waals surface area contributed by atoms with Gasteiger partial charge in [-0.05, 0) is 48.8 Å². The highest BCUT2D eigenvalue weighted by Gasteiger charge is 2.27. The lowest BCUT2D eigenvalue weighted by Gasteiger charge is -2.34. The van der Waals surface area contributed by atoms with Crippen molar-refractivity contribution in [1.82, 2.24) is 0 Å². The number of ether oxygens (including phenoxy) is 1. The summed E-state index contributed by atoms with van der Waals surface area (Å²) >= 11 is 0. The summed E-state index contributed by atoms with van der Waals surface area (Å²) in [5, 5.41) is 8.74. The maximum atomic E-state index is 8.74. The van der Waals surface area contributed by atoms with E-state index < -0.39 is 0 Å². The zero-order chi connectivity index (χ0) is 15.1. The van der Waals surface area contributed by atoms with E-state index >= 15 is 0 Å². The second-order valence-corrected chi connectivity index (χ2v) is 6.65. The fraction of sp³-hybridized carbons (Fsp3) is 0.579. The van der Waals surface area contributed by atoms with Crippen molar-refractivity contribution < 1.29 is 9.84 Å². The fourth-order valence-corrected chi connectivity index (χ4v) is 2.71. The van der Waals surface area contributed by atoms with Crippen molar-refractivity contribution >= 4 is 0 Å². The minimum atomic E-state index is 0.119. The third kappa shape index (κ3) is 5.53. The van der Waals surface area contributed by atoms with E-state index in [1.165, 1.54) is 31.2 Å². The largest absolute Gasteiger partial charge is 0.395 e. The van der Waals surface area contributed by atoms with Crippen molar-refractivity contribution in [3.8, 4) is 11.8 Å². The molecule has 1 saturated carbocycles. The first-order chi connectivity index (χ1) is 10.1. The summed E-state index contributed by atoms with van der Waals surface area (Å²) in [7, 11) is 0. The lowest BCUT2D eigenvalue weighted by Crippen LogP contribution is -2.26. The molecular formula is C19H26O2. The standard InChI is InChI=1S/C19H26O2/c1-19(2)11-9-18(10-12-19)21-15-17-8-5-7-16(14-17)6-3-4-13-20/h5,7-8,14,18,20H,4,9-13,15H2,1-2H3. The van der Waals surface area contributed by atoms with Crippen LogP contribution in [0.4, 0.5) is 0 Å². The average Bonchev–Trinajstić information content (AvgIpc) is 2.47. The number of aliphatic hydroxyl groups excluding tert-OH is 1. The zero-order valence-corrected chi connectivity index (χ0v) is 13.2. The van der Waals surface area contributed by atoms with Gasteiger partial charge in [-0.3, -0.25) is 0 Å². The number of hydrogen-bond donors (Lipinski definition) is 1. The van der Waals surface area contributed by atoms with Crippen LogP contribution in [0, 0.1) is 17.3 Å². The summed E-state index contributed by atoms with van der Waals surface area (Å²) in [4.78, 5) is 0. The van der Waals surface area contributed by atoms with Crippen LogP contribution in [0.25, 0.3) is 0 Å². The molecule has 114 valence electrons. The van der Waals surface area contributed by atoms with E-state index in [2.05, 4.69) is 37.8 Å². The van der Waals surface area contributed by atoms with Crippen molar-refractivity contribution in [2.24, 2.45) is 5.41 Å². The quantitative estimate of drug-likeness (QED) is 0.850. The fourth-order valence-electron chi connectivity index (χ4n) is 2.71. The minimum absolute atomic E-state index is 0.119. The minimum Gasteiger partial charge on any atom is -0.395 e. The normalized spacial score (nSPS) is 18.0. The van der Waals surface area contributed by atoms with Crippen molar-refractivity contribution in [2.75, 3.05) is 6.61 Å². The molecule has 0 aromatic heterocycles. The Labute approximate surface area is 128 Å². The zero-order valence-electron chi connectivity index (χ0n) is 13.2. The van der Waals surface area contributed by atoms with Crippen LogP contribution in [0.1, 0.15) is 57.1 Å². The van der Waals surface area contributed by atoms with Gasteiger partial charge in [-0.1, -0.05) is 37.8 Å². The van der Waals surface area contributed by atoms with Crippen molar-refractivity contribution in [1.29, 1.82) is 0 Å². The molecule has 0 unspecified atom stereocenters. The monoisotopic (exact) mass is 286 g/mol. The van der Waals surface area contributed by atoms with E-state index in [0.717, 1.165) is 5.56 Å². The van der Waals surface area contributed by atoms with Gasteiger partial charge in [0.15, 0.2) is 0 Å².